The lowest BCUT2D eigenvalue weighted by Gasteiger charge is -2.28. The van der Waals surface area contributed by atoms with Crippen LogP contribution in [0.5, 0.6) is 0 Å². The van der Waals surface area contributed by atoms with Crippen molar-refractivity contribution in [2.45, 2.75) is 51.0 Å². The molecule has 0 saturated heterocycles. The fourth-order valence-electron chi connectivity index (χ4n) is 2.08. The Kier molecular flexibility index (Phi) is 5.45. The third-order valence-corrected chi connectivity index (χ3v) is 2.93. The molecule has 0 aromatic carbocycles. The Morgan fingerprint density at radius 2 is 1.93 bits per heavy atom. The lowest BCUT2D eigenvalue weighted by atomic mass is 9.80. The molecule has 0 radical (unpaired) electrons. The van der Waals surface area contributed by atoms with E-state index >= 15 is 0 Å². The van der Waals surface area contributed by atoms with Crippen molar-refractivity contribution in [3.05, 3.63) is 0 Å². The van der Waals surface area contributed by atoms with Crippen molar-refractivity contribution in [2.24, 2.45) is 11.7 Å². The maximum Gasteiger partial charge on any atom is 0.323 e. The second kappa shape index (κ2) is 5.56. The molecule has 0 bridgehead atoms. The fourth-order valence-corrected chi connectivity index (χ4v) is 2.08. The van der Waals surface area contributed by atoms with Crippen LogP contribution in [0.2, 0.25) is 0 Å². The van der Waals surface area contributed by atoms with Gasteiger partial charge >= 0.3 is 5.97 Å². The molecule has 0 aliphatic heterocycles. The Morgan fingerprint density at radius 3 is 2.36 bits per heavy atom. The second-order valence-corrected chi connectivity index (χ2v) is 4.43. The van der Waals surface area contributed by atoms with E-state index in [-0.39, 0.29) is 12.4 Å². The highest BCUT2D eigenvalue weighted by Gasteiger charge is 2.31. The van der Waals surface area contributed by atoms with Crippen molar-refractivity contribution < 1.29 is 9.90 Å². The van der Waals surface area contributed by atoms with Crippen molar-refractivity contribution in [1.82, 2.24) is 0 Å². The summed E-state index contributed by atoms with van der Waals surface area (Å²) in [6.45, 7) is 1.62. The first-order valence-corrected chi connectivity index (χ1v) is 5.04. The predicted octanol–water partition coefficient (Wildman–Crippen LogP) is 2.18. The average Bonchev–Trinajstić information content (AvgIpc) is 2.05. The lowest BCUT2D eigenvalue weighted by Crippen LogP contribution is -2.46. The number of halogens is 1. The van der Waals surface area contributed by atoms with Crippen LogP contribution >= 0.6 is 12.4 Å². The van der Waals surface area contributed by atoms with E-state index in [4.69, 9.17) is 10.8 Å². The zero-order chi connectivity index (χ0) is 9.90. The summed E-state index contributed by atoms with van der Waals surface area (Å²) in [5.41, 5.74) is 4.67. The summed E-state index contributed by atoms with van der Waals surface area (Å²) in [7, 11) is 0. The molecule has 0 spiro atoms. The summed E-state index contributed by atoms with van der Waals surface area (Å²) in [5.74, 6) is -0.349. The molecular formula is C10H20ClNO2. The molecule has 1 aliphatic carbocycles. The van der Waals surface area contributed by atoms with Gasteiger partial charge in [-0.2, -0.15) is 0 Å². The van der Waals surface area contributed by atoms with E-state index in [0.29, 0.717) is 12.3 Å². The molecule has 0 aromatic heterocycles. The minimum atomic E-state index is -1.03. The van der Waals surface area contributed by atoms with Gasteiger partial charge in [-0.3, -0.25) is 4.79 Å². The van der Waals surface area contributed by atoms with Crippen molar-refractivity contribution >= 4 is 18.4 Å². The minimum absolute atomic E-state index is 0. The van der Waals surface area contributed by atoms with Crippen molar-refractivity contribution in [1.29, 1.82) is 0 Å². The second-order valence-electron chi connectivity index (χ2n) is 4.43. The Balaban J connectivity index is 0.00000169. The van der Waals surface area contributed by atoms with Crippen LogP contribution in [0.25, 0.3) is 0 Å². The highest BCUT2D eigenvalue weighted by molar-refractivity contribution is 5.85. The van der Waals surface area contributed by atoms with Crippen molar-refractivity contribution in [3.63, 3.8) is 0 Å². The zero-order valence-electron chi connectivity index (χ0n) is 8.66. The lowest BCUT2D eigenvalue weighted by molar-refractivity contribution is -0.143. The van der Waals surface area contributed by atoms with Crippen LogP contribution in [0.15, 0.2) is 0 Å². The molecular weight excluding hydrogens is 202 g/mol. The van der Waals surface area contributed by atoms with E-state index in [9.17, 15) is 4.79 Å². The number of carboxylic acid groups (broad SMARTS) is 1. The first kappa shape index (κ1) is 13.7. The van der Waals surface area contributed by atoms with Gasteiger partial charge in [0, 0.05) is 0 Å². The van der Waals surface area contributed by atoms with Crippen molar-refractivity contribution in [3.8, 4) is 0 Å². The first-order valence-electron chi connectivity index (χ1n) is 5.04. The molecule has 14 heavy (non-hydrogen) atoms. The van der Waals surface area contributed by atoms with Gasteiger partial charge in [0.2, 0.25) is 0 Å². The van der Waals surface area contributed by atoms with Crippen LogP contribution in [0, 0.1) is 5.92 Å². The molecule has 1 aliphatic rings. The molecule has 1 rings (SSSR count). The molecule has 1 fully saturated rings. The topological polar surface area (TPSA) is 63.3 Å². The van der Waals surface area contributed by atoms with Gasteiger partial charge < -0.3 is 10.8 Å². The zero-order valence-corrected chi connectivity index (χ0v) is 9.48. The molecule has 84 valence electrons. The van der Waals surface area contributed by atoms with E-state index in [1.54, 1.807) is 6.92 Å². The quantitative estimate of drug-likeness (QED) is 0.768. The molecule has 3 nitrogen and oxygen atoms in total. The molecule has 0 heterocycles. The average molecular weight is 222 g/mol. The van der Waals surface area contributed by atoms with E-state index in [2.05, 4.69) is 0 Å². The predicted molar refractivity (Wildman–Crippen MR) is 58.7 cm³/mol. The number of carboxylic acids is 1. The standard InChI is InChI=1S/C10H19NO2.ClH/c1-10(11,9(12)13)7-8-5-3-2-4-6-8;/h8H,2-7,11H2,1H3,(H,12,13);1H/t10-;/m0./s1. The van der Waals surface area contributed by atoms with Crippen LogP contribution in [0.3, 0.4) is 0 Å². The Labute approximate surface area is 91.5 Å². The Bertz CT molecular complexity index is 189. The minimum Gasteiger partial charge on any atom is -0.480 e. The van der Waals surface area contributed by atoms with E-state index in [1.807, 2.05) is 0 Å². The van der Waals surface area contributed by atoms with Crippen LogP contribution in [-0.2, 0) is 4.79 Å². The van der Waals surface area contributed by atoms with Crippen LogP contribution < -0.4 is 5.73 Å². The Morgan fingerprint density at radius 1 is 1.43 bits per heavy atom. The SMILES string of the molecule is C[C@](N)(CC1CCCCC1)C(=O)O.Cl. The van der Waals surface area contributed by atoms with E-state index in [1.165, 1.54) is 19.3 Å². The number of hydrogen-bond donors (Lipinski definition) is 2. The maximum atomic E-state index is 10.8. The van der Waals surface area contributed by atoms with E-state index < -0.39 is 11.5 Å². The first-order chi connectivity index (χ1) is 6.02. The smallest absolute Gasteiger partial charge is 0.323 e. The molecule has 0 unspecified atom stereocenters. The summed E-state index contributed by atoms with van der Waals surface area (Å²) >= 11 is 0. The molecule has 3 N–H and O–H groups in total. The fraction of sp³-hybridized carbons (Fsp3) is 0.900. The van der Waals surface area contributed by atoms with Gasteiger partial charge in [0.1, 0.15) is 5.54 Å². The highest BCUT2D eigenvalue weighted by atomic mass is 35.5. The number of hydrogen-bond acceptors (Lipinski definition) is 2. The van der Waals surface area contributed by atoms with Gasteiger partial charge in [-0.15, -0.1) is 12.4 Å². The number of rotatable bonds is 3. The number of nitrogens with two attached hydrogens (primary N) is 1. The van der Waals surface area contributed by atoms with Gasteiger partial charge in [-0.05, 0) is 19.3 Å². The van der Waals surface area contributed by atoms with Gasteiger partial charge in [0.05, 0.1) is 0 Å². The van der Waals surface area contributed by atoms with Gasteiger partial charge in [-0.25, -0.2) is 0 Å². The summed E-state index contributed by atoms with van der Waals surface area (Å²) < 4.78 is 0. The Hall–Kier alpha value is -0.280. The van der Waals surface area contributed by atoms with Gasteiger partial charge in [0.15, 0.2) is 0 Å². The largest absolute Gasteiger partial charge is 0.480 e. The summed E-state index contributed by atoms with van der Waals surface area (Å²) in [4.78, 5) is 10.8. The molecule has 4 heteroatoms. The highest BCUT2D eigenvalue weighted by Crippen LogP contribution is 2.29. The van der Waals surface area contributed by atoms with Crippen LogP contribution in [0.1, 0.15) is 45.4 Å². The molecule has 1 saturated carbocycles. The van der Waals surface area contributed by atoms with Crippen LogP contribution in [-0.4, -0.2) is 16.6 Å². The summed E-state index contributed by atoms with van der Waals surface area (Å²) in [6.07, 6.45) is 6.70. The van der Waals surface area contributed by atoms with Gasteiger partial charge in [-0.1, -0.05) is 32.1 Å². The third-order valence-electron chi connectivity index (χ3n) is 2.93. The normalized spacial score (nSPS) is 22.1. The third kappa shape index (κ3) is 3.84. The van der Waals surface area contributed by atoms with Gasteiger partial charge in [0.25, 0.3) is 0 Å². The van der Waals surface area contributed by atoms with Crippen LogP contribution in [0.4, 0.5) is 0 Å². The summed E-state index contributed by atoms with van der Waals surface area (Å²) in [5, 5.41) is 8.85. The number of carbonyl (C=O) groups is 1. The molecule has 1 atom stereocenters. The van der Waals surface area contributed by atoms with E-state index in [0.717, 1.165) is 12.8 Å². The summed E-state index contributed by atoms with van der Waals surface area (Å²) in [6, 6.07) is 0. The monoisotopic (exact) mass is 221 g/mol. The molecule has 0 aromatic rings. The number of aliphatic carboxylic acids is 1. The molecule has 0 amide bonds. The van der Waals surface area contributed by atoms with Crippen molar-refractivity contribution in [2.75, 3.05) is 0 Å². The maximum absolute atomic E-state index is 10.8.